The van der Waals surface area contributed by atoms with Crippen molar-refractivity contribution in [3.63, 3.8) is 0 Å². The predicted octanol–water partition coefficient (Wildman–Crippen LogP) is 3.57. The Morgan fingerprint density at radius 3 is 2.34 bits per heavy atom. The van der Waals surface area contributed by atoms with Crippen LogP contribution in [0.1, 0.15) is 22.8 Å². The molecule has 2 aromatic carbocycles. The average Bonchev–Trinajstić information content (AvgIpc) is 2.71. The van der Waals surface area contributed by atoms with Crippen molar-refractivity contribution >= 4 is 40.8 Å². The van der Waals surface area contributed by atoms with E-state index in [4.69, 9.17) is 16.3 Å². The Labute approximate surface area is 183 Å². The zero-order valence-corrected chi connectivity index (χ0v) is 17.0. The number of esters is 1. The summed E-state index contributed by atoms with van der Waals surface area (Å²) in [6, 6.07) is 7.55. The molecule has 2 rings (SSSR count). The van der Waals surface area contributed by atoms with Gasteiger partial charge in [-0.25, -0.2) is 0 Å². The maximum Gasteiger partial charge on any atom is 0.418 e. The Hall–Kier alpha value is -3.67. The number of hydrogen-bond acceptors (Lipinski definition) is 6. The van der Waals surface area contributed by atoms with Crippen LogP contribution in [0.2, 0.25) is 5.02 Å². The number of nitro groups is 1. The highest BCUT2D eigenvalue weighted by Crippen LogP contribution is 2.37. The molecule has 0 saturated heterocycles. The normalized spacial score (nSPS) is 11.9. The minimum Gasteiger partial charge on any atom is -0.451 e. The number of rotatable bonds is 7. The molecule has 0 aliphatic rings. The molecular weight excluding hydrogens is 459 g/mol. The number of halogens is 4. The van der Waals surface area contributed by atoms with Crippen molar-refractivity contribution in [2.45, 2.75) is 19.2 Å². The van der Waals surface area contributed by atoms with Crippen molar-refractivity contribution in [3.05, 3.63) is 68.7 Å². The topological polar surface area (TPSA) is 128 Å². The fourth-order valence-corrected chi connectivity index (χ4v) is 2.50. The lowest BCUT2D eigenvalue weighted by Crippen LogP contribution is -2.36. The van der Waals surface area contributed by atoms with Crippen molar-refractivity contribution in [2.24, 2.45) is 0 Å². The number of carbonyl (C=O) groups excluding carboxylic acids is 3. The molecule has 0 bridgehead atoms. The lowest BCUT2D eigenvalue weighted by atomic mass is 10.1. The van der Waals surface area contributed by atoms with Gasteiger partial charge in [0.2, 0.25) is 0 Å². The number of nitrogens with zero attached hydrogens (tertiary/aromatic N) is 1. The lowest BCUT2D eigenvalue weighted by Gasteiger charge is -2.17. The molecule has 2 amide bonds. The van der Waals surface area contributed by atoms with Crippen molar-refractivity contribution in [2.75, 3.05) is 11.9 Å². The van der Waals surface area contributed by atoms with E-state index in [0.29, 0.717) is 5.02 Å². The molecular formula is C19H15ClF3N3O6. The fourth-order valence-electron chi connectivity index (χ4n) is 2.37. The van der Waals surface area contributed by atoms with Gasteiger partial charge in [-0.05, 0) is 37.3 Å². The van der Waals surface area contributed by atoms with E-state index < -0.39 is 58.5 Å². The lowest BCUT2D eigenvalue weighted by molar-refractivity contribution is -0.385. The minimum absolute atomic E-state index is 0.214. The highest BCUT2D eigenvalue weighted by molar-refractivity contribution is 6.30. The molecule has 2 aromatic rings. The first-order valence-corrected chi connectivity index (χ1v) is 9.16. The molecule has 9 nitrogen and oxygen atoms in total. The summed E-state index contributed by atoms with van der Waals surface area (Å²) < 4.78 is 44.4. The van der Waals surface area contributed by atoms with Gasteiger partial charge in [-0.15, -0.1) is 0 Å². The van der Waals surface area contributed by atoms with Gasteiger partial charge in [0.25, 0.3) is 17.5 Å². The van der Waals surface area contributed by atoms with Gasteiger partial charge in [0.05, 0.1) is 16.2 Å². The molecule has 1 atom stereocenters. The Kier molecular flexibility index (Phi) is 7.76. The Balaban J connectivity index is 1.97. The summed E-state index contributed by atoms with van der Waals surface area (Å²) in [4.78, 5) is 45.6. The highest BCUT2D eigenvalue weighted by atomic mass is 35.5. The molecule has 0 fully saturated rings. The first kappa shape index (κ1) is 24.6. The summed E-state index contributed by atoms with van der Waals surface area (Å²) in [5.74, 6) is -2.74. The number of alkyl halides is 3. The van der Waals surface area contributed by atoms with E-state index in [-0.39, 0.29) is 11.6 Å². The SMILES string of the molecule is CC(OC(=O)CNC(=O)c1ccc(Cl)cc1)C(=O)Nc1ccc([N+](=O)[O-])cc1C(F)(F)F. The second kappa shape index (κ2) is 10.1. The second-order valence-corrected chi connectivity index (χ2v) is 6.73. The number of amides is 2. The number of anilines is 1. The first-order valence-electron chi connectivity index (χ1n) is 8.78. The summed E-state index contributed by atoms with van der Waals surface area (Å²) in [6.45, 7) is 0.497. The van der Waals surface area contributed by atoms with Crippen LogP contribution < -0.4 is 10.6 Å². The molecule has 0 radical (unpaired) electrons. The second-order valence-electron chi connectivity index (χ2n) is 6.30. The predicted molar refractivity (Wildman–Crippen MR) is 106 cm³/mol. The molecule has 0 heterocycles. The Bertz CT molecular complexity index is 1040. The van der Waals surface area contributed by atoms with Crippen LogP contribution in [0.15, 0.2) is 42.5 Å². The monoisotopic (exact) mass is 473 g/mol. The largest absolute Gasteiger partial charge is 0.451 e. The smallest absolute Gasteiger partial charge is 0.418 e. The summed E-state index contributed by atoms with van der Waals surface area (Å²) in [6.07, 6.45) is -6.51. The van der Waals surface area contributed by atoms with Crippen molar-refractivity contribution in [1.29, 1.82) is 0 Å². The number of benzene rings is 2. The molecule has 1 unspecified atom stereocenters. The summed E-state index contributed by atoms with van der Waals surface area (Å²) >= 11 is 5.71. The third-order valence-electron chi connectivity index (χ3n) is 3.95. The maximum atomic E-state index is 13.2. The number of ether oxygens (including phenoxy) is 1. The van der Waals surface area contributed by atoms with Crippen LogP contribution in [-0.2, 0) is 20.5 Å². The van der Waals surface area contributed by atoms with Crippen LogP contribution in [0.3, 0.4) is 0 Å². The van der Waals surface area contributed by atoms with Gasteiger partial charge >= 0.3 is 12.1 Å². The summed E-state index contributed by atoms with van der Waals surface area (Å²) in [5.41, 5.74) is -2.78. The minimum atomic E-state index is -4.99. The van der Waals surface area contributed by atoms with Gasteiger partial charge in [-0.3, -0.25) is 24.5 Å². The molecule has 0 aromatic heterocycles. The number of nitro benzene ring substituents is 1. The van der Waals surface area contributed by atoms with Crippen molar-refractivity contribution in [1.82, 2.24) is 5.32 Å². The van der Waals surface area contributed by atoms with Crippen LogP contribution >= 0.6 is 11.6 Å². The van der Waals surface area contributed by atoms with Crippen LogP contribution in [0.4, 0.5) is 24.5 Å². The fraction of sp³-hybridized carbons (Fsp3) is 0.211. The van der Waals surface area contributed by atoms with Gasteiger partial charge in [-0.1, -0.05) is 11.6 Å². The van der Waals surface area contributed by atoms with Gasteiger partial charge in [0, 0.05) is 22.7 Å². The Morgan fingerprint density at radius 2 is 1.78 bits per heavy atom. The van der Waals surface area contributed by atoms with Crippen LogP contribution in [0, 0.1) is 10.1 Å². The number of nitrogens with one attached hydrogen (secondary N) is 2. The van der Waals surface area contributed by atoms with Crippen LogP contribution in [0.5, 0.6) is 0 Å². The van der Waals surface area contributed by atoms with Crippen molar-refractivity contribution in [3.8, 4) is 0 Å². The first-order chi connectivity index (χ1) is 14.9. The molecule has 0 spiro atoms. The zero-order chi connectivity index (χ0) is 24.1. The third kappa shape index (κ3) is 6.67. The van der Waals surface area contributed by atoms with Gasteiger partial charge in [0.15, 0.2) is 6.10 Å². The van der Waals surface area contributed by atoms with Gasteiger partial charge in [-0.2, -0.15) is 13.2 Å². The molecule has 0 aliphatic carbocycles. The zero-order valence-electron chi connectivity index (χ0n) is 16.2. The van der Waals surface area contributed by atoms with E-state index in [1.807, 2.05) is 5.32 Å². The van der Waals surface area contributed by atoms with E-state index >= 15 is 0 Å². The van der Waals surface area contributed by atoms with Crippen molar-refractivity contribution < 1.29 is 37.2 Å². The third-order valence-corrected chi connectivity index (χ3v) is 4.21. The van der Waals surface area contributed by atoms with E-state index in [9.17, 15) is 37.7 Å². The van der Waals surface area contributed by atoms with E-state index in [0.717, 1.165) is 19.1 Å². The molecule has 13 heteroatoms. The number of carbonyl (C=O) groups is 3. The van der Waals surface area contributed by atoms with Gasteiger partial charge < -0.3 is 15.4 Å². The molecule has 0 aliphatic heterocycles. The van der Waals surface area contributed by atoms with Crippen LogP contribution in [-0.4, -0.2) is 35.4 Å². The molecule has 0 saturated carbocycles. The highest BCUT2D eigenvalue weighted by Gasteiger charge is 2.36. The van der Waals surface area contributed by atoms with Crippen LogP contribution in [0.25, 0.3) is 0 Å². The van der Waals surface area contributed by atoms with E-state index in [1.165, 1.54) is 24.3 Å². The van der Waals surface area contributed by atoms with E-state index in [2.05, 4.69) is 5.32 Å². The summed E-state index contributed by atoms with van der Waals surface area (Å²) in [7, 11) is 0. The summed E-state index contributed by atoms with van der Waals surface area (Å²) in [5, 5.41) is 15.3. The molecule has 170 valence electrons. The quantitative estimate of drug-likeness (QED) is 0.359. The van der Waals surface area contributed by atoms with Gasteiger partial charge in [0.1, 0.15) is 6.54 Å². The number of non-ortho nitro benzene ring substituents is 1. The molecule has 32 heavy (non-hydrogen) atoms. The standard InChI is InChI=1S/C19H15ClF3N3O6/c1-10(32-16(27)9-24-18(29)11-2-4-12(20)5-3-11)17(28)25-15-7-6-13(26(30)31)8-14(15)19(21,22)23/h2-8,10H,9H2,1H3,(H,24,29)(H,25,28). The Morgan fingerprint density at radius 1 is 1.16 bits per heavy atom. The molecule has 2 N–H and O–H groups in total. The number of hydrogen-bond donors (Lipinski definition) is 2. The average molecular weight is 474 g/mol. The maximum absolute atomic E-state index is 13.2. The van der Waals surface area contributed by atoms with E-state index in [1.54, 1.807) is 0 Å².